The van der Waals surface area contributed by atoms with E-state index in [1.54, 1.807) is 30.6 Å². The van der Waals surface area contributed by atoms with Crippen LogP contribution in [-0.2, 0) is 0 Å². The number of hydrogen-bond acceptors (Lipinski definition) is 3. The predicted octanol–water partition coefficient (Wildman–Crippen LogP) is 3.88. The number of rotatable bonds is 3. The zero-order valence-corrected chi connectivity index (χ0v) is 12.7. The third kappa shape index (κ3) is 2.63. The van der Waals surface area contributed by atoms with Crippen LogP contribution in [0.2, 0.25) is 0 Å². The van der Waals surface area contributed by atoms with Crippen molar-refractivity contribution in [1.82, 2.24) is 15.0 Å². The van der Waals surface area contributed by atoms with Crippen LogP contribution in [0.3, 0.4) is 0 Å². The van der Waals surface area contributed by atoms with Crippen molar-refractivity contribution in [1.29, 1.82) is 0 Å². The summed E-state index contributed by atoms with van der Waals surface area (Å²) in [5.74, 6) is -0.249. The number of pyridine rings is 2. The van der Waals surface area contributed by atoms with E-state index in [9.17, 15) is 4.79 Å². The van der Waals surface area contributed by atoms with Crippen molar-refractivity contribution in [2.45, 2.75) is 0 Å². The molecule has 0 spiro atoms. The van der Waals surface area contributed by atoms with Crippen molar-refractivity contribution in [3.05, 3.63) is 78.9 Å². The molecule has 0 bridgehead atoms. The molecule has 5 heteroatoms. The molecular weight excluding hydrogens is 300 g/mol. The highest BCUT2D eigenvalue weighted by Crippen LogP contribution is 2.27. The molecule has 3 heterocycles. The van der Waals surface area contributed by atoms with Crippen LogP contribution >= 0.6 is 0 Å². The second-order valence-corrected chi connectivity index (χ2v) is 5.36. The first kappa shape index (κ1) is 14.1. The Labute approximate surface area is 138 Å². The second-order valence-electron chi connectivity index (χ2n) is 5.36. The summed E-state index contributed by atoms with van der Waals surface area (Å²) in [5.41, 5.74) is 3.86. The molecule has 0 fully saturated rings. The Bertz CT molecular complexity index is 994. The zero-order valence-electron chi connectivity index (χ0n) is 12.7. The maximum absolute atomic E-state index is 12.3. The lowest BCUT2D eigenvalue weighted by Crippen LogP contribution is -2.12. The van der Waals surface area contributed by atoms with E-state index in [0.29, 0.717) is 11.4 Å². The van der Waals surface area contributed by atoms with E-state index in [1.165, 1.54) is 0 Å². The molecule has 0 saturated heterocycles. The lowest BCUT2D eigenvalue weighted by atomic mass is 10.1. The molecule has 24 heavy (non-hydrogen) atoms. The van der Waals surface area contributed by atoms with E-state index < -0.39 is 0 Å². The fourth-order valence-corrected chi connectivity index (χ4v) is 2.58. The highest BCUT2D eigenvalue weighted by molar-refractivity contribution is 6.08. The number of nitrogens with one attached hydrogen (secondary N) is 2. The molecule has 0 aliphatic heterocycles. The summed E-state index contributed by atoms with van der Waals surface area (Å²) in [6, 6.07) is 17.3. The van der Waals surface area contributed by atoms with Crippen LogP contribution in [-0.4, -0.2) is 20.9 Å². The quantitative estimate of drug-likeness (QED) is 0.603. The molecule has 2 N–H and O–H groups in total. The van der Waals surface area contributed by atoms with Crippen LogP contribution in [0.1, 0.15) is 10.5 Å². The van der Waals surface area contributed by atoms with Gasteiger partial charge in [-0.2, -0.15) is 0 Å². The van der Waals surface area contributed by atoms with E-state index in [2.05, 4.69) is 20.3 Å². The topological polar surface area (TPSA) is 70.7 Å². The fraction of sp³-hybridized carbons (Fsp3) is 0. The molecule has 116 valence electrons. The number of H-pyrrole nitrogens is 1. The maximum Gasteiger partial charge on any atom is 0.274 e. The van der Waals surface area contributed by atoms with Gasteiger partial charge in [0, 0.05) is 29.5 Å². The Balaban J connectivity index is 1.70. The van der Waals surface area contributed by atoms with E-state index in [4.69, 9.17) is 0 Å². The summed E-state index contributed by atoms with van der Waals surface area (Å²) in [4.78, 5) is 23.9. The van der Waals surface area contributed by atoms with Gasteiger partial charge in [-0.1, -0.05) is 36.4 Å². The smallest absolute Gasteiger partial charge is 0.274 e. The first-order chi connectivity index (χ1) is 11.8. The molecule has 0 aliphatic rings. The summed E-state index contributed by atoms with van der Waals surface area (Å²) in [6.07, 6.45) is 5.16. The lowest BCUT2D eigenvalue weighted by Gasteiger charge is -2.04. The van der Waals surface area contributed by atoms with Gasteiger partial charge in [-0.05, 0) is 23.8 Å². The molecule has 0 unspecified atom stereocenters. The monoisotopic (exact) mass is 314 g/mol. The summed E-state index contributed by atoms with van der Waals surface area (Å²) in [5, 5.41) is 3.75. The number of amides is 1. The molecule has 4 rings (SSSR count). The molecule has 0 atom stereocenters. The highest BCUT2D eigenvalue weighted by Gasteiger charge is 2.12. The van der Waals surface area contributed by atoms with Crippen molar-refractivity contribution >= 4 is 22.6 Å². The molecule has 1 amide bonds. The Morgan fingerprint density at radius 1 is 0.958 bits per heavy atom. The zero-order chi connectivity index (χ0) is 16.4. The first-order valence-electron chi connectivity index (χ1n) is 7.56. The number of fused-ring (bicyclic) bond motifs is 1. The van der Waals surface area contributed by atoms with Gasteiger partial charge in [0.2, 0.25) is 0 Å². The number of carbonyl (C=O) groups is 1. The van der Waals surface area contributed by atoms with Crippen molar-refractivity contribution in [2.75, 3.05) is 5.32 Å². The number of benzene rings is 1. The first-order valence-corrected chi connectivity index (χ1v) is 7.56. The van der Waals surface area contributed by atoms with Crippen molar-refractivity contribution in [2.24, 2.45) is 0 Å². The van der Waals surface area contributed by atoms with E-state index in [1.807, 2.05) is 42.6 Å². The number of carbonyl (C=O) groups excluding carboxylic acids is 1. The van der Waals surface area contributed by atoms with E-state index >= 15 is 0 Å². The van der Waals surface area contributed by atoms with E-state index in [-0.39, 0.29) is 5.91 Å². The average Bonchev–Trinajstić information content (AvgIpc) is 3.05. The van der Waals surface area contributed by atoms with Gasteiger partial charge < -0.3 is 10.3 Å². The summed E-state index contributed by atoms with van der Waals surface area (Å²) >= 11 is 0. The Morgan fingerprint density at radius 3 is 2.58 bits per heavy atom. The average molecular weight is 314 g/mol. The molecule has 1 aromatic carbocycles. The summed E-state index contributed by atoms with van der Waals surface area (Å²) in [6.45, 7) is 0. The molecule has 0 radical (unpaired) electrons. The minimum atomic E-state index is -0.249. The number of nitrogens with zero attached hydrogens (tertiary/aromatic N) is 2. The highest BCUT2D eigenvalue weighted by atomic mass is 16.1. The van der Waals surface area contributed by atoms with Gasteiger partial charge in [-0.15, -0.1) is 0 Å². The van der Waals surface area contributed by atoms with E-state index in [0.717, 1.165) is 22.2 Å². The molecule has 5 nitrogen and oxygen atoms in total. The van der Waals surface area contributed by atoms with Gasteiger partial charge in [0.25, 0.3) is 5.91 Å². The SMILES string of the molecule is O=C(Nc1c[nH]c2ncc(-c3ccccc3)cc12)c1ccccn1. The van der Waals surface area contributed by atoms with Gasteiger partial charge in [0.05, 0.1) is 5.69 Å². The number of anilines is 1. The van der Waals surface area contributed by atoms with Crippen molar-refractivity contribution < 1.29 is 4.79 Å². The van der Waals surface area contributed by atoms with Crippen molar-refractivity contribution in [3.63, 3.8) is 0 Å². The third-order valence-corrected chi connectivity index (χ3v) is 3.78. The van der Waals surface area contributed by atoms with Gasteiger partial charge >= 0.3 is 0 Å². The molecule has 4 aromatic rings. The number of aromatic amines is 1. The van der Waals surface area contributed by atoms with Crippen LogP contribution in [0.15, 0.2) is 73.2 Å². The Hall–Kier alpha value is -3.47. The van der Waals surface area contributed by atoms with Gasteiger partial charge in [0.1, 0.15) is 11.3 Å². The standard InChI is InChI=1S/C19H14N4O/c24-19(16-8-4-5-9-20-16)23-17-12-22-18-15(17)10-14(11-21-18)13-6-2-1-3-7-13/h1-12H,(H,21,22)(H,23,24). The normalized spacial score (nSPS) is 10.7. The minimum absolute atomic E-state index is 0.249. The summed E-state index contributed by atoms with van der Waals surface area (Å²) in [7, 11) is 0. The van der Waals surface area contributed by atoms with Crippen LogP contribution in [0.25, 0.3) is 22.2 Å². The summed E-state index contributed by atoms with van der Waals surface area (Å²) < 4.78 is 0. The number of aromatic nitrogens is 3. The maximum atomic E-state index is 12.3. The Kier molecular flexibility index (Phi) is 3.51. The molecular formula is C19H14N4O. The number of hydrogen-bond donors (Lipinski definition) is 2. The predicted molar refractivity (Wildman–Crippen MR) is 93.7 cm³/mol. The van der Waals surface area contributed by atoms with Gasteiger partial charge in [-0.25, -0.2) is 4.98 Å². The van der Waals surface area contributed by atoms with Crippen LogP contribution in [0, 0.1) is 0 Å². The molecule has 0 saturated carbocycles. The molecule has 3 aromatic heterocycles. The second kappa shape index (κ2) is 5.96. The third-order valence-electron chi connectivity index (χ3n) is 3.78. The molecule has 0 aliphatic carbocycles. The fourth-order valence-electron chi connectivity index (χ4n) is 2.58. The van der Waals surface area contributed by atoms with Crippen LogP contribution in [0.4, 0.5) is 5.69 Å². The lowest BCUT2D eigenvalue weighted by molar-refractivity contribution is 0.102. The van der Waals surface area contributed by atoms with Crippen LogP contribution in [0.5, 0.6) is 0 Å². The Morgan fingerprint density at radius 2 is 1.79 bits per heavy atom. The van der Waals surface area contributed by atoms with Gasteiger partial charge in [0.15, 0.2) is 0 Å². The van der Waals surface area contributed by atoms with Gasteiger partial charge in [-0.3, -0.25) is 9.78 Å². The largest absolute Gasteiger partial charge is 0.344 e. The van der Waals surface area contributed by atoms with Crippen LogP contribution < -0.4 is 5.32 Å². The van der Waals surface area contributed by atoms with Crippen molar-refractivity contribution in [3.8, 4) is 11.1 Å². The minimum Gasteiger partial charge on any atom is -0.344 e.